The van der Waals surface area contributed by atoms with Crippen molar-refractivity contribution >= 4 is 40.5 Å². The maximum Gasteiger partial charge on any atom is 0.326 e. The third-order valence-corrected chi connectivity index (χ3v) is 6.14. The molecule has 4 unspecified atom stereocenters. The molecule has 4 atom stereocenters. The van der Waals surface area contributed by atoms with Crippen LogP contribution in [0.15, 0.2) is 60.8 Å². The number of aliphatic carboxylic acids is 1. The van der Waals surface area contributed by atoms with E-state index in [4.69, 9.17) is 11.5 Å². The summed E-state index contributed by atoms with van der Waals surface area (Å²) < 4.78 is 0. The van der Waals surface area contributed by atoms with Crippen molar-refractivity contribution in [3.63, 3.8) is 0 Å². The molecule has 0 fully saturated rings. The number of carbonyl (C=O) groups is 5. The molecule has 4 amide bonds. The van der Waals surface area contributed by atoms with Gasteiger partial charge >= 0.3 is 5.97 Å². The summed E-state index contributed by atoms with van der Waals surface area (Å²) in [4.78, 5) is 64.7. The predicted molar refractivity (Wildman–Crippen MR) is 143 cm³/mol. The second-order valence-electron chi connectivity index (χ2n) is 9.22. The van der Waals surface area contributed by atoms with E-state index in [1.807, 2.05) is 24.3 Å². The number of hydrogen-bond acceptors (Lipinski definition) is 6. The van der Waals surface area contributed by atoms with Crippen LogP contribution in [0, 0.1) is 0 Å². The highest BCUT2D eigenvalue weighted by Gasteiger charge is 2.29. The van der Waals surface area contributed by atoms with Crippen molar-refractivity contribution in [3.05, 3.63) is 71.9 Å². The first-order valence-electron chi connectivity index (χ1n) is 12.3. The zero-order chi connectivity index (χ0) is 28.5. The van der Waals surface area contributed by atoms with Crippen LogP contribution in [0.1, 0.15) is 24.5 Å². The van der Waals surface area contributed by atoms with Gasteiger partial charge in [0, 0.05) is 23.5 Å². The predicted octanol–water partition coefficient (Wildman–Crippen LogP) is -0.285. The standard InChI is InChI=1S/C27H32N6O6/c1-15(24(35)33-22(27(38)39)11-16-7-3-2-4-8-16)31-26(37)21(13-23(29)34)32-25(36)19(28)12-17-14-30-20-10-6-5-9-18(17)20/h2-10,14-15,19,21-22,30H,11-13,28H2,1H3,(H2,29,34)(H,31,37)(H,32,36)(H,33,35)(H,38,39). The summed E-state index contributed by atoms with van der Waals surface area (Å²) in [6.45, 7) is 1.35. The molecule has 206 valence electrons. The zero-order valence-electron chi connectivity index (χ0n) is 21.3. The number of aromatic amines is 1. The van der Waals surface area contributed by atoms with Crippen molar-refractivity contribution in [2.45, 2.75) is 50.4 Å². The van der Waals surface area contributed by atoms with Crippen molar-refractivity contribution in [1.29, 1.82) is 0 Å². The van der Waals surface area contributed by atoms with Gasteiger partial charge in [0.15, 0.2) is 0 Å². The quantitative estimate of drug-likeness (QED) is 0.155. The van der Waals surface area contributed by atoms with E-state index in [-0.39, 0.29) is 12.8 Å². The summed E-state index contributed by atoms with van der Waals surface area (Å²) in [6, 6.07) is 11.4. The van der Waals surface area contributed by atoms with Crippen molar-refractivity contribution in [3.8, 4) is 0 Å². The van der Waals surface area contributed by atoms with Gasteiger partial charge in [-0.25, -0.2) is 4.79 Å². The third kappa shape index (κ3) is 8.14. The van der Waals surface area contributed by atoms with E-state index < -0.39 is 60.2 Å². The average Bonchev–Trinajstić information content (AvgIpc) is 3.30. The van der Waals surface area contributed by atoms with E-state index in [9.17, 15) is 29.1 Å². The second-order valence-corrected chi connectivity index (χ2v) is 9.22. The number of nitrogens with two attached hydrogens (primary N) is 2. The number of para-hydroxylation sites is 1. The molecule has 1 aromatic heterocycles. The smallest absolute Gasteiger partial charge is 0.326 e. The van der Waals surface area contributed by atoms with Gasteiger partial charge in [-0.1, -0.05) is 48.5 Å². The van der Waals surface area contributed by atoms with Crippen LogP contribution in [-0.2, 0) is 36.8 Å². The molecule has 12 nitrogen and oxygen atoms in total. The molecule has 3 aromatic rings. The largest absolute Gasteiger partial charge is 0.480 e. The van der Waals surface area contributed by atoms with Crippen molar-refractivity contribution in [2.24, 2.45) is 11.5 Å². The van der Waals surface area contributed by atoms with Gasteiger partial charge in [-0.2, -0.15) is 0 Å². The van der Waals surface area contributed by atoms with E-state index in [0.717, 1.165) is 16.5 Å². The maximum absolute atomic E-state index is 12.9. The fraction of sp³-hybridized carbons (Fsp3) is 0.296. The molecule has 3 rings (SSSR count). The van der Waals surface area contributed by atoms with Crippen LogP contribution in [-0.4, -0.2) is 63.9 Å². The lowest BCUT2D eigenvalue weighted by Gasteiger charge is -2.23. The third-order valence-electron chi connectivity index (χ3n) is 6.14. The molecule has 9 N–H and O–H groups in total. The van der Waals surface area contributed by atoms with Gasteiger partial charge in [0.1, 0.15) is 18.1 Å². The Morgan fingerprint density at radius 3 is 2.15 bits per heavy atom. The molecule has 0 aliphatic carbocycles. The van der Waals surface area contributed by atoms with E-state index >= 15 is 0 Å². The van der Waals surface area contributed by atoms with E-state index in [1.54, 1.807) is 36.5 Å². The van der Waals surface area contributed by atoms with Crippen LogP contribution in [0.3, 0.4) is 0 Å². The lowest BCUT2D eigenvalue weighted by Crippen LogP contribution is -2.57. The molecule has 0 bridgehead atoms. The van der Waals surface area contributed by atoms with Gasteiger partial charge in [0.2, 0.25) is 23.6 Å². The van der Waals surface area contributed by atoms with Crippen molar-refractivity contribution < 1.29 is 29.1 Å². The fourth-order valence-electron chi connectivity index (χ4n) is 4.05. The lowest BCUT2D eigenvalue weighted by molar-refractivity contribution is -0.142. The summed E-state index contributed by atoms with van der Waals surface area (Å²) in [6.07, 6.45) is 1.42. The summed E-state index contributed by atoms with van der Waals surface area (Å²) in [5.74, 6) is -4.39. The molecule has 0 spiro atoms. The molecule has 39 heavy (non-hydrogen) atoms. The fourth-order valence-corrected chi connectivity index (χ4v) is 4.05. The van der Waals surface area contributed by atoms with Crippen molar-refractivity contribution in [1.82, 2.24) is 20.9 Å². The van der Waals surface area contributed by atoms with Crippen LogP contribution in [0.5, 0.6) is 0 Å². The first-order valence-corrected chi connectivity index (χ1v) is 12.3. The Morgan fingerprint density at radius 2 is 1.49 bits per heavy atom. The summed E-state index contributed by atoms with van der Waals surface area (Å²) in [5, 5.41) is 17.6. The average molecular weight is 537 g/mol. The number of carbonyl (C=O) groups excluding carboxylic acids is 4. The van der Waals surface area contributed by atoms with Gasteiger partial charge in [-0.3, -0.25) is 19.2 Å². The highest BCUT2D eigenvalue weighted by molar-refractivity contribution is 5.96. The van der Waals surface area contributed by atoms with Crippen molar-refractivity contribution in [2.75, 3.05) is 0 Å². The van der Waals surface area contributed by atoms with Crippen LogP contribution in [0.25, 0.3) is 10.9 Å². The first-order chi connectivity index (χ1) is 18.5. The minimum Gasteiger partial charge on any atom is -0.480 e. The topological polar surface area (TPSA) is 209 Å². The molecule has 0 saturated carbocycles. The number of amides is 4. The Hall–Kier alpha value is -4.71. The molecule has 0 saturated heterocycles. The molecular weight excluding hydrogens is 504 g/mol. The number of nitrogens with one attached hydrogen (secondary N) is 4. The van der Waals surface area contributed by atoms with E-state index in [0.29, 0.717) is 5.56 Å². The minimum atomic E-state index is -1.39. The Kier molecular flexibility index (Phi) is 9.76. The van der Waals surface area contributed by atoms with Gasteiger partial charge in [-0.05, 0) is 30.5 Å². The number of carboxylic acids is 1. The monoisotopic (exact) mass is 536 g/mol. The van der Waals surface area contributed by atoms with Gasteiger partial charge in [0.25, 0.3) is 0 Å². The molecule has 2 aromatic carbocycles. The van der Waals surface area contributed by atoms with Crippen LogP contribution < -0.4 is 27.4 Å². The number of fused-ring (bicyclic) bond motifs is 1. The number of carboxylic acid groups (broad SMARTS) is 1. The first kappa shape index (κ1) is 28.9. The van der Waals surface area contributed by atoms with E-state index in [1.165, 1.54) is 6.92 Å². The number of rotatable bonds is 13. The lowest BCUT2D eigenvalue weighted by atomic mass is 10.0. The molecule has 12 heteroatoms. The molecule has 1 heterocycles. The highest BCUT2D eigenvalue weighted by Crippen LogP contribution is 2.18. The zero-order valence-corrected chi connectivity index (χ0v) is 21.3. The number of benzene rings is 2. The molecule has 0 aliphatic rings. The Bertz CT molecular complexity index is 1340. The van der Waals surface area contributed by atoms with Crippen LogP contribution in [0.2, 0.25) is 0 Å². The summed E-state index contributed by atoms with van der Waals surface area (Å²) in [7, 11) is 0. The van der Waals surface area contributed by atoms with E-state index in [2.05, 4.69) is 20.9 Å². The number of primary amides is 1. The number of H-pyrrole nitrogens is 1. The Morgan fingerprint density at radius 1 is 0.846 bits per heavy atom. The number of aromatic nitrogens is 1. The SMILES string of the molecule is CC(NC(=O)C(CC(N)=O)NC(=O)C(N)Cc1c[nH]c2ccccc12)C(=O)NC(Cc1ccccc1)C(=O)O. The minimum absolute atomic E-state index is 0.0389. The summed E-state index contributed by atoms with van der Waals surface area (Å²) >= 11 is 0. The highest BCUT2D eigenvalue weighted by atomic mass is 16.4. The normalized spacial score (nSPS) is 14.0. The van der Waals surface area contributed by atoms with Gasteiger partial charge in [-0.15, -0.1) is 0 Å². The molecule has 0 aliphatic heterocycles. The van der Waals surface area contributed by atoms with Crippen LogP contribution in [0.4, 0.5) is 0 Å². The van der Waals surface area contributed by atoms with Gasteiger partial charge < -0.3 is 37.5 Å². The second kappa shape index (κ2) is 13.2. The Balaban J connectivity index is 1.60. The van der Waals surface area contributed by atoms with Crippen LogP contribution >= 0.6 is 0 Å². The summed E-state index contributed by atoms with van der Waals surface area (Å²) in [5.41, 5.74) is 13.7. The molecule has 0 radical (unpaired) electrons. The Labute approximate surface area is 224 Å². The maximum atomic E-state index is 12.9. The van der Waals surface area contributed by atoms with Gasteiger partial charge in [0.05, 0.1) is 12.5 Å². The molecular formula is C27H32N6O6. The number of hydrogen-bond donors (Lipinski definition) is 7.